The van der Waals surface area contributed by atoms with Crippen molar-refractivity contribution >= 4 is 29.3 Å². The summed E-state index contributed by atoms with van der Waals surface area (Å²) in [5.41, 5.74) is 2.88. The smallest absolute Gasteiger partial charge is 0.281 e. The standard InChI is InChI=1S/C23H19FN4O3/c1-13-6-4-5-7-18(13)21(29)28-23(31)20(15(3)26-28)12-19-14(2)25-27(22(19)30)17-10-8-16(24)9-11-17/h4-12,31H,1-3H3/b19-12+. The molecule has 2 heterocycles. The van der Waals surface area contributed by atoms with Gasteiger partial charge >= 0.3 is 0 Å². The zero-order valence-electron chi connectivity index (χ0n) is 17.1. The van der Waals surface area contributed by atoms with Gasteiger partial charge in [-0.3, -0.25) is 9.59 Å². The molecule has 0 spiro atoms. The van der Waals surface area contributed by atoms with Crippen LogP contribution >= 0.6 is 0 Å². The minimum absolute atomic E-state index is 0.241. The number of carbonyl (C=O) groups is 2. The molecule has 3 aromatic rings. The van der Waals surface area contributed by atoms with Crippen LogP contribution in [-0.2, 0) is 4.79 Å². The second-order valence-corrected chi connectivity index (χ2v) is 7.19. The summed E-state index contributed by atoms with van der Waals surface area (Å²) < 4.78 is 14.1. The van der Waals surface area contributed by atoms with E-state index in [1.165, 1.54) is 30.3 Å². The van der Waals surface area contributed by atoms with Crippen LogP contribution < -0.4 is 5.01 Å². The van der Waals surface area contributed by atoms with Crippen molar-refractivity contribution in [1.82, 2.24) is 9.78 Å². The second-order valence-electron chi connectivity index (χ2n) is 7.19. The zero-order valence-corrected chi connectivity index (χ0v) is 17.1. The van der Waals surface area contributed by atoms with Gasteiger partial charge in [0.05, 0.1) is 28.2 Å². The summed E-state index contributed by atoms with van der Waals surface area (Å²) in [6.45, 7) is 5.09. The number of benzene rings is 2. The van der Waals surface area contributed by atoms with E-state index in [0.29, 0.717) is 22.7 Å². The Morgan fingerprint density at radius 1 is 1.06 bits per heavy atom. The van der Waals surface area contributed by atoms with Gasteiger partial charge in [0.2, 0.25) is 5.88 Å². The van der Waals surface area contributed by atoms with Crippen molar-refractivity contribution < 1.29 is 19.1 Å². The monoisotopic (exact) mass is 418 g/mol. The number of hydrogen-bond acceptors (Lipinski definition) is 5. The van der Waals surface area contributed by atoms with Crippen molar-refractivity contribution in [3.8, 4) is 5.88 Å². The molecule has 1 aromatic heterocycles. The Morgan fingerprint density at radius 2 is 1.74 bits per heavy atom. The quantitative estimate of drug-likeness (QED) is 0.655. The summed E-state index contributed by atoms with van der Waals surface area (Å²) in [5.74, 6) is -1.68. The van der Waals surface area contributed by atoms with Crippen LogP contribution in [0.15, 0.2) is 59.2 Å². The number of rotatable bonds is 3. The highest BCUT2D eigenvalue weighted by Gasteiger charge is 2.30. The molecule has 0 saturated carbocycles. The Labute approximate surface area is 177 Å². The fourth-order valence-corrected chi connectivity index (χ4v) is 3.35. The third-order valence-electron chi connectivity index (χ3n) is 5.07. The van der Waals surface area contributed by atoms with Crippen molar-refractivity contribution in [1.29, 1.82) is 0 Å². The molecule has 31 heavy (non-hydrogen) atoms. The van der Waals surface area contributed by atoms with Gasteiger partial charge in [0.1, 0.15) is 5.82 Å². The Balaban J connectivity index is 1.70. The van der Waals surface area contributed by atoms with E-state index < -0.39 is 17.6 Å². The van der Waals surface area contributed by atoms with E-state index in [1.54, 1.807) is 39.0 Å². The predicted molar refractivity (Wildman–Crippen MR) is 115 cm³/mol. The number of aromatic hydroxyl groups is 1. The molecule has 1 amide bonds. The lowest BCUT2D eigenvalue weighted by Gasteiger charge is -2.11. The molecule has 7 nitrogen and oxygen atoms in total. The average molecular weight is 418 g/mol. The fourth-order valence-electron chi connectivity index (χ4n) is 3.35. The van der Waals surface area contributed by atoms with Crippen LogP contribution in [0, 0.1) is 19.7 Å². The summed E-state index contributed by atoms with van der Waals surface area (Å²) in [6, 6.07) is 12.4. The summed E-state index contributed by atoms with van der Waals surface area (Å²) in [5, 5.41) is 20.3. The van der Waals surface area contributed by atoms with Crippen molar-refractivity contribution in [3.63, 3.8) is 0 Å². The maximum absolute atomic E-state index is 13.2. The number of nitrogens with zero attached hydrogens (tertiary/aromatic N) is 4. The van der Waals surface area contributed by atoms with Gasteiger partial charge in [0, 0.05) is 5.56 Å². The first-order chi connectivity index (χ1) is 14.8. The molecule has 2 aromatic carbocycles. The molecule has 0 saturated heterocycles. The lowest BCUT2D eigenvalue weighted by molar-refractivity contribution is -0.114. The molecule has 0 fully saturated rings. The van der Waals surface area contributed by atoms with Gasteiger partial charge in [-0.25, -0.2) is 4.39 Å². The number of carbonyl (C=O) groups excluding carboxylic acids is 2. The summed E-state index contributed by atoms with van der Waals surface area (Å²) in [4.78, 5) is 25.8. The number of hydrogen-bond donors (Lipinski definition) is 1. The van der Waals surface area contributed by atoms with Gasteiger partial charge in [0.15, 0.2) is 0 Å². The normalized spacial score (nSPS) is 15.0. The summed E-state index contributed by atoms with van der Waals surface area (Å²) >= 11 is 0. The van der Waals surface area contributed by atoms with Gasteiger partial charge in [0.25, 0.3) is 11.8 Å². The van der Waals surface area contributed by atoms with E-state index >= 15 is 0 Å². The minimum atomic E-state index is -0.473. The summed E-state index contributed by atoms with van der Waals surface area (Å²) in [7, 11) is 0. The fraction of sp³-hybridized carbons (Fsp3) is 0.130. The zero-order chi connectivity index (χ0) is 22.3. The van der Waals surface area contributed by atoms with E-state index in [9.17, 15) is 19.1 Å². The van der Waals surface area contributed by atoms with Gasteiger partial charge in [-0.05, 0) is 62.7 Å². The average Bonchev–Trinajstić information content (AvgIpc) is 3.19. The van der Waals surface area contributed by atoms with E-state index in [1.807, 2.05) is 6.07 Å². The van der Waals surface area contributed by atoms with Crippen LogP contribution in [0.5, 0.6) is 5.88 Å². The van der Waals surface area contributed by atoms with Crippen molar-refractivity contribution in [2.45, 2.75) is 20.8 Å². The number of aryl methyl sites for hydroxylation is 2. The van der Waals surface area contributed by atoms with Crippen LogP contribution in [0.1, 0.15) is 34.1 Å². The van der Waals surface area contributed by atoms with Crippen LogP contribution in [0.3, 0.4) is 0 Å². The molecular weight excluding hydrogens is 399 g/mol. The SMILES string of the molecule is CC1=NN(c2ccc(F)cc2)C(=O)/C1=C/c1c(C)nn(C(=O)c2ccccc2C)c1O. The van der Waals surface area contributed by atoms with Crippen molar-refractivity contribution in [3.05, 3.63) is 82.3 Å². The Morgan fingerprint density at radius 3 is 2.42 bits per heavy atom. The molecule has 1 N–H and O–H groups in total. The third kappa shape index (κ3) is 3.52. The van der Waals surface area contributed by atoms with Crippen LogP contribution in [-0.4, -0.2) is 32.4 Å². The Kier molecular flexibility index (Phi) is 4.98. The van der Waals surface area contributed by atoms with Crippen LogP contribution in [0.2, 0.25) is 0 Å². The van der Waals surface area contributed by atoms with E-state index in [2.05, 4.69) is 10.2 Å². The van der Waals surface area contributed by atoms with Crippen LogP contribution in [0.4, 0.5) is 10.1 Å². The Hall–Kier alpha value is -4.07. The maximum Gasteiger partial charge on any atom is 0.281 e. The third-order valence-corrected chi connectivity index (χ3v) is 5.07. The van der Waals surface area contributed by atoms with E-state index in [0.717, 1.165) is 15.3 Å². The Bertz CT molecular complexity index is 1270. The first kappa shape index (κ1) is 20.2. The van der Waals surface area contributed by atoms with Crippen molar-refractivity contribution in [2.75, 3.05) is 5.01 Å². The minimum Gasteiger partial charge on any atom is -0.493 e. The van der Waals surface area contributed by atoms with Gasteiger partial charge in [-0.15, -0.1) is 0 Å². The topological polar surface area (TPSA) is 87.8 Å². The van der Waals surface area contributed by atoms with E-state index in [-0.39, 0.29) is 17.0 Å². The highest BCUT2D eigenvalue weighted by Crippen LogP contribution is 2.29. The van der Waals surface area contributed by atoms with Gasteiger partial charge < -0.3 is 5.11 Å². The molecule has 0 aliphatic carbocycles. The molecule has 0 radical (unpaired) electrons. The lowest BCUT2D eigenvalue weighted by Crippen LogP contribution is -2.21. The number of halogens is 1. The molecule has 1 aliphatic rings. The molecule has 0 atom stereocenters. The molecule has 0 unspecified atom stereocenters. The number of amides is 1. The first-order valence-electron chi connectivity index (χ1n) is 9.54. The highest BCUT2D eigenvalue weighted by molar-refractivity contribution is 6.32. The predicted octanol–water partition coefficient (Wildman–Crippen LogP) is 3.84. The molecule has 156 valence electrons. The lowest BCUT2D eigenvalue weighted by atomic mass is 10.1. The number of aromatic nitrogens is 2. The van der Waals surface area contributed by atoms with Crippen LogP contribution in [0.25, 0.3) is 6.08 Å². The van der Waals surface area contributed by atoms with Gasteiger partial charge in [-0.1, -0.05) is 18.2 Å². The molecule has 4 rings (SSSR count). The molecular formula is C23H19FN4O3. The van der Waals surface area contributed by atoms with Gasteiger partial charge in [-0.2, -0.15) is 19.9 Å². The number of anilines is 1. The molecule has 8 heteroatoms. The second kappa shape index (κ2) is 7.64. The van der Waals surface area contributed by atoms with Crippen molar-refractivity contribution in [2.24, 2.45) is 5.10 Å². The first-order valence-corrected chi connectivity index (χ1v) is 9.54. The van der Waals surface area contributed by atoms with E-state index in [4.69, 9.17) is 0 Å². The highest BCUT2D eigenvalue weighted by atomic mass is 19.1. The molecule has 1 aliphatic heterocycles. The maximum atomic E-state index is 13.2. The largest absolute Gasteiger partial charge is 0.493 e. The summed E-state index contributed by atoms with van der Waals surface area (Å²) in [6.07, 6.45) is 1.46. The number of hydrazone groups is 1. The molecule has 0 bridgehead atoms.